The predicted octanol–water partition coefficient (Wildman–Crippen LogP) is 2.93. The number of nitrogens with two attached hydrogens (primary N) is 1. The Balaban J connectivity index is 2.16. The second kappa shape index (κ2) is 7.73. The molecule has 1 heterocycles. The minimum atomic E-state index is 0.656. The SMILES string of the molecule is CCn1nc(C)c(Br)c1CN(CCN)Cc1ccccc1. The largest absolute Gasteiger partial charge is 0.329 e. The lowest BCUT2D eigenvalue weighted by atomic mass is 10.2. The van der Waals surface area contributed by atoms with E-state index in [-0.39, 0.29) is 0 Å². The first-order valence-corrected chi connectivity index (χ1v) is 8.13. The van der Waals surface area contributed by atoms with Gasteiger partial charge in [-0.2, -0.15) is 5.10 Å². The van der Waals surface area contributed by atoms with Gasteiger partial charge in [-0.05, 0) is 35.3 Å². The molecule has 1 aromatic carbocycles. The summed E-state index contributed by atoms with van der Waals surface area (Å²) in [5.74, 6) is 0. The van der Waals surface area contributed by atoms with Crippen LogP contribution in [0.15, 0.2) is 34.8 Å². The first kappa shape index (κ1) is 16.2. The highest BCUT2D eigenvalue weighted by Gasteiger charge is 2.15. The van der Waals surface area contributed by atoms with Crippen LogP contribution in [0.4, 0.5) is 0 Å². The molecule has 2 aromatic rings. The third-order valence-corrected chi connectivity index (χ3v) is 4.55. The zero-order valence-electron chi connectivity index (χ0n) is 12.7. The van der Waals surface area contributed by atoms with E-state index in [0.29, 0.717) is 6.54 Å². The van der Waals surface area contributed by atoms with E-state index < -0.39 is 0 Å². The monoisotopic (exact) mass is 350 g/mol. The molecule has 2 N–H and O–H groups in total. The van der Waals surface area contributed by atoms with Gasteiger partial charge in [0.2, 0.25) is 0 Å². The second-order valence-corrected chi connectivity index (χ2v) is 5.94. The van der Waals surface area contributed by atoms with Gasteiger partial charge in [0.15, 0.2) is 0 Å². The Hall–Kier alpha value is -1.17. The number of halogens is 1. The fourth-order valence-electron chi connectivity index (χ4n) is 2.47. The van der Waals surface area contributed by atoms with Crippen LogP contribution < -0.4 is 5.73 Å². The molecule has 2 rings (SSSR count). The number of nitrogens with zero attached hydrogens (tertiary/aromatic N) is 3. The summed E-state index contributed by atoms with van der Waals surface area (Å²) < 4.78 is 3.17. The van der Waals surface area contributed by atoms with Crippen LogP contribution in [0.3, 0.4) is 0 Å². The van der Waals surface area contributed by atoms with E-state index in [4.69, 9.17) is 5.73 Å². The van der Waals surface area contributed by atoms with Gasteiger partial charge in [-0.15, -0.1) is 0 Å². The predicted molar refractivity (Wildman–Crippen MR) is 89.9 cm³/mol. The molecule has 0 bridgehead atoms. The molecule has 0 aliphatic carbocycles. The van der Waals surface area contributed by atoms with E-state index in [9.17, 15) is 0 Å². The number of aromatic nitrogens is 2. The van der Waals surface area contributed by atoms with Crippen LogP contribution in [0.25, 0.3) is 0 Å². The van der Waals surface area contributed by atoms with Crippen molar-refractivity contribution in [3.8, 4) is 0 Å². The lowest BCUT2D eigenvalue weighted by Crippen LogP contribution is -2.29. The Bertz CT molecular complexity index is 565. The van der Waals surface area contributed by atoms with Crippen molar-refractivity contribution in [2.75, 3.05) is 13.1 Å². The van der Waals surface area contributed by atoms with E-state index in [1.807, 2.05) is 13.0 Å². The van der Waals surface area contributed by atoms with Crippen molar-refractivity contribution in [2.24, 2.45) is 5.73 Å². The molecule has 0 radical (unpaired) electrons. The van der Waals surface area contributed by atoms with Crippen LogP contribution in [0.5, 0.6) is 0 Å². The molecular weight excluding hydrogens is 328 g/mol. The van der Waals surface area contributed by atoms with Gasteiger partial charge >= 0.3 is 0 Å². The molecule has 1 aromatic heterocycles. The third kappa shape index (κ3) is 4.15. The van der Waals surface area contributed by atoms with E-state index >= 15 is 0 Å². The summed E-state index contributed by atoms with van der Waals surface area (Å²) in [6, 6.07) is 10.5. The molecular formula is C16H23BrN4. The summed E-state index contributed by atoms with van der Waals surface area (Å²) in [5.41, 5.74) is 9.34. The highest BCUT2D eigenvalue weighted by atomic mass is 79.9. The van der Waals surface area contributed by atoms with Crippen LogP contribution in [-0.2, 0) is 19.6 Å². The molecule has 0 saturated heterocycles. The van der Waals surface area contributed by atoms with Crippen LogP contribution in [0.2, 0.25) is 0 Å². The summed E-state index contributed by atoms with van der Waals surface area (Å²) in [6.07, 6.45) is 0. The molecule has 0 fully saturated rings. The standard InChI is InChI=1S/C16H23BrN4/c1-3-21-15(16(17)13(2)19-21)12-20(10-9-18)11-14-7-5-4-6-8-14/h4-8H,3,9-12,18H2,1-2H3. The van der Waals surface area contributed by atoms with Crippen molar-refractivity contribution in [3.05, 3.63) is 51.8 Å². The molecule has 0 aliphatic heterocycles. The number of benzene rings is 1. The fraction of sp³-hybridized carbons (Fsp3) is 0.438. The lowest BCUT2D eigenvalue weighted by Gasteiger charge is -2.22. The molecule has 5 heteroatoms. The zero-order valence-corrected chi connectivity index (χ0v) is 14.3. The van der Waals surface area contributed by atoms with Crippen LogP contribution in [-0.4, -0.2) is 27.8 Å². The average Bonchev–Trinajstić information content (AvgIpc) is 2.76. The maximum absolute atomic E-state index is 5.77. The van der Waals surface area contributed by atoms with Crippen LogP contribution in [0.1, 0.15) is 23.9 Å². The van der Waals surface area contributed by atoms with Gasteiger partial charge in [0.1, 0.15) is 0 Å². The quantitative estimate of drug-likeness (QED) is 0.834. The van der Waals surface area contributed by atoms with E-state index in [0.717, 1.165) is 36.3 Å². The molecule has 0 amide bonds. The minimum absolute atomic E-state index is 0.656. The van der Waals surface area contributed by atoms with Crippen LogP contribution in [0, 0.1) is 6.92 Å². The zero-order chi connectivity index (χ0) is 15.2. The van der Waals surface area contributed by atoms with Gasteiger partial charge in [-0.3, -0.25) is 9.58 Å². The Kier molecular flexibility index (Phi) is 5.96. The molecule has 0 unspecified atom stereocenters. The van der Waals surface area contributed by atoms with Gasteiger partial charge in [0, 0.05) is 32.7 Å². The summed E-state index contributed by atoms with van der Waals surface area (Å²) in [4.78, 5) is 2.36. The summed E-state index contributed by atoms with van der Waals surface area (Å²) in [7, 11) is 0. The highest BCUT2D eigenvalue weighted by Crippen LogP contribution is 2.23. The molecule has 0 aliphatic rings. The van der Waals surface area contributed by atoms with Gasteiger partial charge in [0.05, 0.1) is 15.9 Å². The van der Waals surface area contributed by atoms with Crippen molar-refractivity contribution >= 4 is 15.9 Å². The second-order valence-electron chi connectivity index (χ2n) is 5.15. The molecule has 0 atom stereocenters. The Labute approximate surface area is 135 Å². The van der Waals surface area contributed by atoms with Gasteiger partial charge in [0.25, 0.3) is 0 Å². The maximum atomic E-state index is 5.77. The molecule has 21 heavy (non-hydrogen) atoms. The average molecular weight is 351 g/mol. The van der Waals surface area contributed by atoms with E-state index in [1.165, 1.54) is 11.3 Å². The molecule has 0 spiro atoms. The van der Waals surface area contributed by atoms with Gasteiger partial charge < -0.3 is 5.73 Å². The fourth-order valence-corrected chi connectivity index (χ4v) is 2.88. The highest BCUT2D eigenvalue weighted by molar-refractivity contribution is 9.10. The smallest absolute Gasteiger partial charge is 0.0739 e. The lowest BCUT2D eigenvalue weighted by molar-refractivity contribution is 0.255. The van der Waals surface area contributed by atoms with Gasteiger partial charge in [-0.25, -0.2) is 0 Å². The first-order valence-electron chi connectivity index (χ1n) is 7.33. The van der Waals surface area contributed by atoms with Crippen molar-refractivity contribution in [3.63, 3.8) is 0 Å². The Morgan fingerprint density at radius 3 is 2.57 bits per heavy atom. The minimum Gasteiger partial charge on any atom is -0.329 e. The van der Waals surface area contributed by atoms with E-state index in [2.05, 4.69) is 61.8 Å². The van der Waals surface area contributed by atoms with Crippen molar-refractivity contribution in [1.29, 1.82) is 0 Å². The van der Waals surface area contributed by atoms with Crippen LogP contribution >= 0.6 is 15.9 Å². The van der Waals surface area contributed by atoms with Crippen molar-refractivity contribution in [1.82, 2.24) is 14.7 Å². The van der Waals surface area contributed by atoms with Gasteiger partial charge in [-0.1, -0.05) is 30.3 Å². The molecule has 4 nitrogen and oxygen atoms in total. The number of hydrogen-bond acceptors (Lipinski definition) is 3. The summed E-state index contributed by atoms with van der Waals surface area (Å²) >= 11 is 3.67. The Morgan fingerprint density at radius 2 is 1.95 bits per heavy atom. The summed E-state index contributed by atoms with van der Waals surface area (Å²) in [6.45, 7) is 8.30. The third-order valence-electron chi connectivity index (χ3n) is 3.52. The normalized spacial score (nSPS) is 11.3. The van der Waals surface area contributed by atoms with E-state index in [1.54, 1.807) is 0 Å². The van der Waals surface area contributed by atoms with Crippen molar-refractivity contribution < 1.29 is 0 Å². The first-order chi connectivity index (χ1) is 10.2. The number of hydrogen-bond donors (Lipinski definition) is 1. The summed E-state index contributed by atoms with van der Waals surface area (Å²) in [5, 5.41) is 4.56. The Morgan fingerprint density at radius 1 is 1.24 bits per heavy atom. The molecule has 0 saturated carbocycles. The number of aryl methyl sites for hydroxylation is 2. The topological polar surface area (TPSA) is 47.1 Å². The number of rotatable bonds is 7. The molecule has 114 valence electrons. The van der Waals surface area contributed by atoms with Crippen molar-refractivity contribution in [2.45, 2.75) is 33.5 Å². The maximum Gasteiger partial charge on any atom is 0.0739 e.